The second kappa shape index (κ2) is 6.20. The molecule has 0 aliphatic carbocycles. The summed E-state index contributed by atoms with van der Waals surface area (Å²) in [4.78, 5) is 35.0. The number of nitrogens with two attached hydrogens (primary N) is 1. The number of nitrogens with zero attached hydrogens (tertiary/aromatic N) is 1. The van der Waals surface area contributed by atoms with Gasteiger partial charge >= 0.3 is 12.0 Å². The van der Waals surface area contributed by atoms with Crippen LogP contribution in [0.25, 0.3) is 0 Å². The number of carboxylic acid groups (broad SMARTS) is 1. The first kappa shape index (κ1) is 14.2. The third-order valence-electron chi connectivity index (χ3n) is 2.86. The lowest BCUT2D eigenvalue weighted by Gasteiger charge is -2.24. The molecule has 0 saturated carbocycles. The minimum Gasteiger partial charge on any atom is -0.480 e. The van der Waals surface area contributed by atoms with Crippen molar-refractivity contribution >= 4 is 17.9 Å². The Kier molecular flexibility index (Phi) is 4.90. The van der Waals surface area contributed by atoms with Crippen molar-refractivity contribution in [3.63, 3.8) is 0 Å². The van der Waals surface area contributed by atoms with E-state index in [1.165, 1.54) is 4.90 Å². The maximum atomic E-state index is 11.8. The van der Waals surface area contributed by atoms with E-state index in [-0.39, 0.29) is 13.0 Å². The molecule has 0 aromatic rings. The summed E-state index contributed by atoms with van der Waals surface area (Å²) in [5, 5.41) is 19.8. The Bertz CT molecular complexity index is 346. The molecule has 1 aliphatic rings. The summed E-state index contributed by atoms with van der Waals surface area (Å²) >= 11 is 0. The summed E-state index contributed by atoms with van der Waals surface area (Å²) in [5.41, 5.74) is 5.16. The normalized spacial score (nSPS) is 20.5. The molecular formula is C10H17N3O5. The third-order valence-corrected chi connectivity index (χ3v) is 2.86. The summed E-state index contributed by atoms with van der Waals surface area (Å²) < 4.78 is 0. The number of carbonyl (C=O) groups excluding carboxylic acids is 2. The monoisotopic (exact) mass is 259 g/mol. The molecule has 1 aliphatic heterocycles. The van der Waals surface area contributed by atoms with Gasteiger partial charge in [-0.25, -0.2) is 9.59 Å². The summed E-state index contributed by atoms with van der Waals surface area (Å²) in [6.07, 6.45) is 1.05. The van der Waals surface area contributed by atoms with E-state index < -0.39 is 30.0 Å². The highest BCUT2D eigenvalue weighted by Crippen LogP contribution is 2.16. The number of aliphatic hydroxyl groups is 1. The first-order valence-electron chi connectivity index (χ1n) is 5.67. The predicted octanol–water partition coefficient (Wildman–Crippen LogP) is -1.52. The van der Waals surface area contributed by atoms with Crippen molar-refractivity contribution in [3.05, 3.63) is 0 Å². The number of likely N-dealkylation sites (tertiary alicyclic amines) is 1. The van der Waals surface area contributed by atoms with Crippen LogP contribution in [0.3, 0.4) is 0 Å². The molecule has 8 heteroatoms. The number of urea groups is 1. The highest BCUT2D eigenvalue weighted by Gasteiger charge is 2.34. The van der Waals surface area contributed by atoms with Crippen LogP contribution in [0.15, 0.2) is 0 Å². The molecule has 3 amide bonds. The van der Waals surface area contributed by atoms with Crippen molar-refractivity contribution in [3.8, 4) is 0 Å². The number of aliphatic hydroxyl groups excluding tert-OH is 1. The maximum absolute atomic E-state index is 11.8. The maximum Gasteiger partial charge on any atom is 0.326 e. The fourth-order valence-electron chi connectivity index (χ4n) is 1.92. The lowest BCUT2D eigenvalue weighted by atomic mass is 10.2. The standard InChI is InChI=1S/C10H17N3O5/c11-8(15)7-2-1-4-13(7)10(18)12-6(3-5-14)9(16)17/h6-7,14H,1-5H2,(H2,11,15)(H,12,18)(H,16,17)/t6-,7?/m1/s1. The van der Waals surface area contributed by atoms with Gasteiger partial charge in [-0.1, -0.05) is 0 Å². The number of aliphatic carboxylic acids is 1. The van der Waals surface area contributed by atoms with Crippen LogP contribution in [0.2, 0.25) is 0 Å². The van der Waals surface area contributed by atoms with Gasteiger partial charge in [0.05, 0.1) is 0 Å². The average molecular weight is 259 g/mol. The van der Waals surface area contributed by atoms with Crippen LogP contribution in [0.4, 0.5) is 4.79 Å². The lowest BCUT2D eigenvalue weighted by molar-refractivity contribution is -0.139. The summed E-state index contributed by atoms with van der Waals surface area (Å²) in [5.74, 6) is -1.83. The lowest BCUT2D eigenvalue weighted by Crippen LogP contribution is -2.52. The zero-order chi connectivity index (χ0) is 13.7. The van der Waals surface area contributed by atoms with Crippen LogP contribution in [-0.2, 0) is 9.59 Å². The fraction of sp³-hybridized carbons (Fsp3) is 0.700. The van der Waals surface area contributed by atoms with Gasteiger partial charge in [-0.2, -0.15) is 0 Å². The van der Waals surface area contributed by atoms with E-state index in [2.05, 4.69) is 5.32 Å². The van der Waals surface area contributed by atoms with Gasteiger partial charge in [0.2, 0.25) is 5.91 Å². The molecule has 18 heavy (non-hydrogen) atoms. The molecule has 8 nitrogen and oxygen atoms in total. The van der Waals surface area contributed by atoms with Crippen molar-refractivity contribution < 1.29 is 24.6 Å². The number of amides is 3. The highest BCUT2D eigenvalue weighted by molar-refractivity contribution is 5.88. The van der Waals surface area contributed by atoms with Crippen molar-refractivity contribution in [1.29, 1.82) is 0 Å². The van der Waals surface area contributed by atoms with Crippen LogP contribution >= 0.6 is 0 Å². The highest BCUT2D eigenvalue weighted by atomic mass is 16.4. The molecule has 0 spiro atoms. The molecule has 0 bridgehead atoms. The molecule has 5 N–H and O–H groups in total. The van der Waals surface area contributed by atoms with E-state index in [9.17, 15) is 14.4 Å². The molecule has 1 heterocycles. The van der Waals surface area contributed by atoms with E-state index in [1.54, 1.807) is 0 Å². The number of carboxylic acids is 1. The first-order chi connectivity index (χ1) is 8.47. The number of carbonyl (C=O) groups is 3. The van der Waals surface area contributed by atoms with Crippen molar-refractivity contribution in [2.24, 2.45) is 5.73 Å². The fourth-order valence-corrected chi connectivity index (χ4v) is 1.92. The number of primary amides is 1. The van der Waals surface area contributed by atoms with Crippen LogP contribution in [0.1, 0.15) is 19.3 Å². The van der Waals surface area contributed by atoms with Gasteiger partial charge in [-0.3, -0.25) is 4.79 Å². The molecular weight excluding hydrogens is 242 g/mol. The van der Waals surface area contributed by atoms with E-state index in [0.717, 1.165) is 0 Å². The van der Waals surface area contributed by atoms with Gasteiger partial charge in [0.25, 0.3) is 0 Å². The second-order valence-electron chi connectivity index (χ2n) is 4.11. The topological polar surface area (TPSA) is 133 Å². The number of rotatable bonds is 5. The van der Waals surface area contributed by atoms with E-state index in [1.807, 2.05) is 0 Å². The summed E-state index contributed by atoms with van der Waals surface area (Å²) in [6, 6.07) is -2.50. The van der Waals surface area contributed by atoms with Gasteiger partial charge in [0.1, 0.15) is 12.1 Å². The minimum absolute atomic E-state index is 0.0872. The Hall–Kier alpha value is -1.83. The molecule has 0 aromatic carbocycles. The molecule has 102 valence electrons. The smallest absolute Gasteiger partial charge is 0.326 e. The van der Waals surface area contributed by atoms with Crippen molar-refractivity contribution in [2.45, 2.75) is 31.3 Å². The van der Waals surface area contributed by atoms with E-state index >= 15 is 0 Å². The van der Waals surface area contributed by atoms with Gasteiger partial charge in [0, 0.05) is 19.6 Å². The zero-order valence-electron chi connectivity index (χ0n) is 9.83. The minimum atomic E-state index is -1.23. The molecule has 2 atom stereocenters. The Morgan fingerprint density at radius 1 is 1.44 bits per heavy atom. The molecule has 1 saturated heterocycles. The van der Waals surface area contributed by atoms with Crippen molar-refractivity contribution in [1.82, 2.24) is 10.2 Å². The second-order valence-corrected chi connectivity index (χ2v) is 4.11. The van der Waals surface area contributed by atoms with Gasteiger partial charge in [-0.05, 0) is 12.8 Å². The van der Waals surface area contributed by atoms with Gasteiger partial charge in [0.15, 0.2) is 0 Å². The third kappa shape index (κ3) is 3.33. The Morgan fingerprint density at radius 3 is 2.61 bits per heavy atom. The van der Waals surface area contributed by atoms with Gasteiger partial charge < -0.3 is 26.2 Å². The van der Waals surface area contributed by atoms with Crippen molar-refractivity contribution in [2.75, 3.05) is 13.2 Å². The van der Waals surface area contributed by atoms with Crippen LogP contribution in [0, 0.1) is 0 Å². The first-order valence-corrected chi connectivity index (χ1v) is 5.67. The van der Waals surface area contributed by atoms with Gasteiger partial charge in [-0.15, -0.1) is 0 Å². The Morgan fingerprint density at radius 2 is 2.11 bits per heavy atom. The average Bonchev–Trinajstić information content (AvgIpc) is 2.77. The number of hydrogen-bond donors (Lipinski definition) is 4. The van der Waals surface area contributed by atoms with E-state index in [0.29, 0.717) is 19.4 Å². The predicted molar refractivity (Wildman–Crippen MR) is 60.6 cm³/mol. The summed E-state index contributed by atoms with van der Waals surface area (Å²) in [6.45, 7) is 0.0153. The quantitative estimate of drug-likeness (QED) is 0.476. The van der Waals surface area contributed by atoms with Crippen LogP contribution in [-0.4, -0.2) is 58.3 Å². The number of nitrogens with one attached hydrogen (secondary N) is 1. The Balaban J connectivity index is 2.63. The zero-order valence-corrected chi connectivity index (χ0v) is 9.83. The Labute approximate surface area is 104 Å². The molecule has 1 unspecified atom stereocenters. The van der Waals surface area contributed by atoms with E-state index in [4.69, 9.17) is 15.9 Å². The number of hydrogen-bond acceptors (Lipinski definition) is 4. The largest absolute Gasteiger partial charge is 0.480 e. The SMILES string of the molecule is NC(=O)C1CCCN1C(=O)N[C@H](CCO)C(=O)O. The summed E-state index contributed by atoms with van der Waals surface area (Å²) in [7, 11) is 0. The van der Waals surface area contributed by atoms with Crippen LogP contribution < -0.4 is 11.1 Å². The molecule has 0 radical (unpaired) electrons. The molecule has 1 rings (SSSR count). The van der Waals surface area contributed by atoms with Crippen LogP contribution in [0.5, 0.6) is 0 Å². The molecule has 1 fully saturated rings. The molecule has 0 aromatic heterocycles.